The molecular weight excluding hydrogens is 1890 g/mol. The number of hydrogen-bond acceptors (Lipinski definition) is 36. The van der Waals surface area contributed by atoms with Crippen molar-refractivity contribution in [3.8, 4) is 69.0 Å². The number of halogens is 2. The Balaban J connectivity index is 1.05. The first-order valence-corrected chi connectivity index (χ1v) is 46.3. The average Bonchev–Trinajstić information content (AvgIpc) is 0.761. The molecule has 7 aromatic rings. The van der Waals surface area contributed by atoms with E-state index in [0.717, 1.165) is 123 Å². The Labute approximate surface area is 816 Å². The number of carbonyl (C=O) groups excluding carboxylic acids is 9. The van der Waals surface area contributed by atoms with Crippen molar-refractivity contribution in [2.75, 3.05) is 59.1 Å². The van der Waals surface area contributed by atoms with Crippen LogP contribution in [-0.4, -0.2) is 293 Å². The van der Waals surface area contributed by atoms with Gasteiger partial charge in [-0.1, -0.05) is 93.1 Å². The Bertz CT molecular complexity index is 5640. The second-order valence-corrected chi connectivity index (χ2v) is 36.0. The first kappa shape index (κ1) is 106. The fourth-order valence-corrected chi connectivity index (χ4v) is 17.5. The van der Waals surface area contributed by atoms with Crippen LogP contribution in [0, 0.1) is 5.92 Å². The van der Waals surface area contributed by atoms with E-state index in [1.54, 1.807) is 4.90 Å². The van der Waals surface area contributed by atoms with E-state index < -0.39 is 288 Å². The summed E-state index contributed by atoms with van der Waals surface area (Å²) in [7, 11) is 0. The average molecular weight is 2010 g/mol. The van der Waals surface area contributed by atoms with Gasteiger partial charge in [-0.05, 0) is 136 Å². The number of ether oxygens (including phenoxy) is 9. The lowest BCUT2D eigenvalue weighted by Gasteiger charge is -2.44. The molecule has 13 bridgehead atoms. The number of phenolic OH excluding ortho intramolecular Hbond substituents is 4. The Hall–Kier alpha value is -12.2. The first-order valence-electron chi connectivity index (χ1n) is 45.5. The molecule has 15 rings (SSSR count). The fraction of sp³-hybridized carbons (Fsp3) is 0.457. The third kappa shape index (κ3) is 25.8. The number of nitrogens with zero attached hydrogens (tertiary/aromatic N) is 1. The number of unbranched alkanes of at least 4 members (excludes halogenated alkanes) is 3. The van der Waals surface area contributed by atoms with Crippen LogP contribution in [0.25, 0.3) is 0 Å². The number of fused-ring (bicyclic) bond motifs is 15. The second kappa shape index (κ2) is 47.6. The largest absolute Gasteiger partial charge is 0.508 e. The lowest BCUT2D eigenvalue weighted by atomic mass is 9.95. The summed E-state index contributed by atoms with van der Waals surface area (Å²) in [5.41, 5.74) is 16.7. The Morgan fingerprint density at radius 1 is 0.511 bits per heavy atom. The van der Waals surface area contributed by atoms with Crippen LogP contribution in [0.4, 0.5) is 0 Å². The summed E-state index contributed by atoms with van der Waals surface area (Å²) in [5, 5.41) is 180. The van der Waals surface area contributed by atoms with Crippen LogP contribution in [0.2, 0.25) is 10.0 Å². The molecule has 8 heterocycles. The van der Waals surface area contributed by atoms with E-state index in [9.17, 15) is 85.9 Å². The summed E-state index contributed by atoms with van der Waals surface area (Å²) in [5.74, 6) is -16.8. The van der Waals surface area contributed by atoms with Gasteiger partial charge in [0, 0.05) is 71.2 Å². The normalized spacial score (nSPS) is 27.1. The highest BCUT2D eigenvalue weighted by Crippen LogP contribution is 2.50. The number of amides is 9. The van der Waals surface area contributed by atoms with Gasteiger partial charge in [-0.2, -0.15) is 0 Å². The van der Waals surface area contributed by atoms with Crippen molar-refractivity contribution in [2.24, 2.45) is 23.1 Å². The molecular formula is C94H115Cl2N13O32. The molecule has 0 aromatic heterocycles. The summed E-state index contributed by atoms with van der Waals surface area (Å²) >= 11 is 14.9. The summed E-state index contributed by atoms with van der Waals surface area (Å²) in [6.07, 6.45) is -25.0. The van der Waals surface area contributed by atoms with Crippen LogP contribution >= 0.6 is 23.2 Å². The maximum Gasteiger partial charge on any atom is 0.248 e. The predicted molar refractivity (Wildman–Crippen MR) is 494 cm³/mol. The highest BCUT2D eigenvalue weighted by molar-refractivity contribution is 6.32. The minimum atomic E-state index is -2.57. The van der Waals surface area contributed by atoms with Gasteiger partial charge in [0.1, 0.15) is 162 Å². The van der Waals surface area contributed by atoms with E-state index in [4.69, 9.17) is 83.0 Å². The van der Waals surface area contributed by atoms with E-state index in [0.29, 0.717) is 18.8 Å². The van der Waals surface area contributed by atoms with Crippen molar-refractivity contribution >= 4 is 76.4 Å². The van der Waals surface area contributed by atoms with Gasteiger partial charge in [-0.25, -0.2) is 0 Å². The molecule has 0 spiro atoms. The Morgan fingerprint density at radius 3 is 1.68 bits per heavy atom. The third-order valence-electron chi connectivity index (χ3n) is 24.4. The minimum absolute atomic E-state index is 0.0383. The third-order valence-corrected chi connectivity index (χ3v) is 25.0. The van der Waals surface area contributed by atoms with Gasteiger partial charge in [0.2, 0.25) is 71.5 Å². The zero-order chi connectivity index (χ0) is 102. The Kier molecular flexibility index (Phi) is 35.8. The molecule has 8 aliphatic heterocycles. The van der Waals surface area contributed by atoms with Crippen LogP contribution in [0.15, 0.2) is 127 Å². The maximum absolute atomic E-state index is 16.9. The van der Waals surface area contributed by atoms with E-state index in [-0.39, 0.29) is 95.8 Å². The number of aliphatic hydroxyl groups excluding tert-OH is 10. The predicted octanol–water partition coefficient (Wildman–Crippen LogP) is -0.710. The van der Waals surface area contributed by atoms with Gasteiger partial charge in [-0.15, -0.1) is 0 Å². The molecule has 0 aliphatic carbocycles. The van der Waals surface area contributed by atoms with E-state index in [2.05, 4.69) is 61.7 Å². The van der Waals surface area contributed by atoms with E-state index in [1.165, 1.54) is 30.3 Å². The molecule has 0 saturated carbocycles. The molecule has 3 fully saturated rings. The molecule has 141 heavy (non-hydrogen) atoms. The van der Waals surface area contributed by atoms with Crippen molar-refractivity contribution in [2.45, 2.75) is 206 Å². The van der Waals surface area contributed by atoms with E-state index >= 15 is 28.8 Å². The van der Waals surface area contributed by atoms with Crippen molar-refractivity contribution in [3.05, 3.63) is 176 Å². The highest BCUT2D eigenvalue weighted by atomic mass is 35.5. The quantitative estimate of drug-likeness (QED) is 0.0247. The molecule has 45 nitrogen and oxygen atoms in total. The first-order chi connectivity index (χ1) is 67.3. The van der Waals surface area contributed by atoms with Crippen molar-refractivity contribution in [1.29, 1.82) is 0 Å². The smallest absolute Gasteiger partial charge is 0.248 e. The van der Waals surface area contributed by atoms with Gasteiger partial charge < -0.3 is 179 Å². The summed E-state index contributed by atoms with van der Waals surface area (Å²) in [6, 6.07) is 4.62. The van der Waals surface area contributed by atoms with E-state index in [1.807, 2.05) is 0 Å². The van der Waals surface area contributed by atoms with Crippen molar-refractivity contribution in [3.63, 3.8) is 0 Å². The lowest BCUT2D eigenvalue weighted by molar-refractivity contribution is -0.284. The number of phenols is 4. The number of rotatable bonds is 30. The molecule has 8 aliphatic rings. The highest BCUT2D eigenvalue weighted by Gasteiger charge is 2.52. The molecule has 0 unspecified atom stereocenters. The summed E-state index contributed by atoms with van der Waals surface area (Å²) in [6.45, 7) is 2.66. The maximum atomic E-state index is 16.9. The zero-order valence-electron chi connectivity index (χ0n) is 76.3. The summed E-state index contributed by atoms with van der Waals surface area (Å²) in [4.78, 5) is 142. The van der Waals surface area contributed by atoms with Crippen LogP contribution in [0.1, 0.15) is 135 Å². The SMILES string of the molecule is CC(=O)N[C@H]1[C@H](O[C@@H]2c3ccc(c(Cl)c3)Oc3cc4cc(c3O[C@@H]3O[C@H](CO)[C@@H](O)[C@H](O)[C@H]3NC(=O)CCCCCCC(C)C)Oc3ccc(cc3Cl)C[C@H]3NC(=O)[C@H](N)c5ccc(O)c(c5)Oc5cc(O)cc(c5)[C@H](NC3=O)C(=O)N[C@H]4C(=O)N[C@H](c3ccc(O)cc3)C(=O)N[C@@H]2C(=O)N[C@H](C(=O)NCCN(CCN)CCN)c2cc(O)cc(O[C@H]3O[C@H](CO)[C@@H](O)[C@H](O)[C@@H]3O)c2)O[C@H](CO)[C@@H](O)[C@@H]1O. The van der Waals surface area contributed by atoms with Crippen molar-refractivity contribution < 1.29 is 157 Å². The summed E-state index contributed by atoms with van der Waals surface area (Å²) < 4.78 is 57.6. The molecule has 3 saturated heterocycles. The number of aliphatic hydroxyl groups is 10. The van der Waals surface area contributed by atoms with Crippen LogP contribution in [0.5, 0.6) is 69.0 Å². The number of aromatic hydroxyl groups is 4. The van der Waals surface area contributed by atoms with Gasteiger partial charge in [0.25, 0.3) is 0 Å². The van der Waals surface area contributed by atoms with Crippen LogP contribution < -0.4 is 88.7 Å². The van der Waals surface area contributed by atoms with Gasteiger partial charge in [0.15, 0.2) is 29.3 Å². The fourth-order valence-electron chi connectivity index (χ4n) is 17.0. The molecule has 0 radical (unpaired) electrons. The number of hydrogen-bond donors (Lipinski definition) is 26. The number of nitrogens with two attached hydrogens (primary N) is 3. The molecule has 23 atom stereocenters. The van der Waals surface area contributed by atoms with Crippen molar-refractivity contribution in [1.82, 2.24) is 52.8 Å². The molecule has 29 N–H and O–H groups in total. The number of carbonyl (C=O) groups is 9. The molecule has 47 heteroatoms. The Morgan fingerprint density at radius 2 is 1.06 bits per heavy atom. The number of nitrogens with one attached hydrogen (secondary N) is 9. The molecule has 7 aromatic carbocycles. The number of benzene rings is 7. The van der Waals surface area contributed by atoms with Crippen LogP contribution in [0.3, 0.4) is 0 Å². The second-order valence-electron chi connectivity index (χ2n) is 35.2. The standard InChI is InChI=1S/C94H115Cl2N13O32/c1-41(2)8-6-4-5-7-9-67(118)103-74-80(123)77(120)65(39-111)138-93(74)141-84-62-34-49-35-63(84)136-60-19-14-46(32-56(60)96)83(140-92-73(101-42(3)113)79(122)76(119)64(38-110)137-92)75(91(132)106-70(87(128)100-22-25-109(23-20-97)24-21-98)47-28-52(116)37-54(31-47)134-94-82(125)81(124)78(121)66(40-112)139-94)108-88(129)69(44-11-15-50(114)16-12-44)105-90(131)72(49)107-89(130)71-48-29-51(115)36-53(30-48)133-61-33-45(13-17-58(61)117)68(99)86(127)102-57(85(126)104-71)27-43-10-18-59(135-62)55(95)26-43/h10-19,26,28-37,41,57,64-66,68-83,92-94,110-112,114-117,119-125H,4-9,20-25,27,38-40,97-99H2,1-3H3,(H,100,128)(H,101,113)(H,102,127)(H,103,118)(H,104,126)(H,105,131)(H,106,132)(H,107,130)(H,108,129)/t57-,64-,65-,66-,68-,69-,70+,71+,72-,73-,74-,75+,76-,77-,78-,79-,80-,81+,82+,83-,92+,93+,94+/m1/s1. The molecule has 762 valence electrons. The van der Waals surface area contributed by atoms with Gasteiger partial charge in [0.05, 0.1) is 29.9 Å². The molecule has 9 amide bonds. The minimum Gasteiger partial charge on any atom is -0.508 e. The van der Waals surface area contributed by atoms with Gasteiger partial charge in [-0.3, -0.25) is 48.1 Å². The monoisotopic (exact) mass is 2010 g/mol. The van der Waals surface area contributed by atoms with Gasteiger partial charge >= 0.3 is 0 Å². The topological polar surface area (TPSA) is 709 Å². The zero-order valence-corrected chi connectivity index (χ0v) is 77.9. The lowest BCUT2D eigenvalue weighted by Crippen LogP contribution is -2.65. The van der Waals surface area contributed by atoms with Crippen LogP contribution in [-0.2, 0) is 68.5 Å².